The molecule has 1 aliphatic rings. The molecule has 1 heterocycles. The summed E-state index contributed by atoms with van der Waals surface area (Å²) in [6.45, 7) is 0. The highest BCUT2D eigenvalue weighted by atomic mass is 16.1. The summed E-state index contributed by atoms with van der Waals surface area (Å²) >= 11 is 0. The Hall–Kier alpha value is -2.48. The van der Waals surface area contributed by atoms with Crippen molar-refractivity contribution in [1.82, 2.24) is 4.98 Å². The van der Waals surface area contributed by atoms with Gasteiger partial charge in [-0.15, -0.1) is 0 Å². The van der Waals surface area contributed by atoms with E-state index < -0.39 is 0 Å². The summed E-state index contributed by atoms with van der Waals surface area (Å²) in [5, 5.41) is 0.979. The lowest BCUT2D eigenvalue weighted by Crippen LogP contribution is -2.15. The van der Waals surface area contributed by atoms with Crippen LogP contribution in [0.2, 0.25) is 0 Å². The van der Waals surface area contributed by atoms with Gasteiger partial charge in [0.1, 0.15) is 0 Å². The first kappa shape index (κ1) is 9.45. The third-order valence-corrected chi connectivity index (χ3v) is 3.70. The average molecular weight is 246 g/mol. The molecule has 1 aliphatic carbocycles. The summed E-state index contributed by atoms with van der Waals surface area (Å²) in [5.41, 5.74) is 4.25. The molecule has 2 aromatic carbocycles. The molecule has 0 bridgehead atoms. The number of ketones is 1. The van der Waals surface area contributed by atoms with Crippen LogP contribution in [0.15, 0.2) is 54.7 Å². The highest BCUT2D eigenvalue weighted by Gasteiger charge is 2.24. The zero-order valence-corrected chi connectivity index (χ0v) is 10.2. The van der Waals surface area contributed by atoms with Crippen molar-refractivity contribution in [3.63, 3.8) is 0 Å². The fraction of sp³-hybridized carbons (Fsp3) is 0.0588. The summed E-state index contributed by atoms with van der Waals surface area (Å²) in [6.07, 6.45) is 0.933. The molecule has 0 N–H and O–H groups in total. The van der Waals surface area contributed by atoms with Gasteiger partial charge in [0.25, 0.3) is 0 Å². The van der Waals surface area contributed by atoms with E-state index in [0.717, 1.165) is 27.6 Å². The summed E-state index contributed by atoms with van der Waals surface area (Å²) in [5.74, 6) is 0.0564. The fourth-order valence-corrected chi connectivity index (χ4v) is 2.77. The number of fused-ring (bicyclic) bond motifs is 4. The van der Waals surface area contributed by atoms with Crippen molar-refractivity contribution in [1.29, 1.82) is 0 Å². The van der Waals surface area contributed by atoms with Gasteiger partial charge in [0.15, 0.2) is 5.78 Å². The Morgan fingerprint density at radius 2 is 1.89 bits per heavy atom. The number of benzene rings is 2. The number of hydrogen-bond acceptors (Lipinski definition) is 2. The summed E-state index contributed by atoms with van der Waals surface area (Å²) < 4.78 is 7.69. The molecule has 0 atom stereocenters. The highest BCUT2D eigenvalue weighted by Crippen LogP contribution is 2.31. The Balaban J connectivity index is 2.05. The van der Waals surface area contributed by atoms with E-state index in [0.29, 0.717) is 12.0 Å². The monoisotopic (exact) mass is 246 g/mol. The topological polar surface area (TPSA) is 30.0 Å². The maximum absolute atomic E-state index is 12.6. The number of aromatic nitrogens is 1. The van der Waals surface area contributed by atoms with Crippen LogP contribution in [0.1, 0.15) is 28.4 Å². The van der Waals surface area contributed by atoms with Gasteiger partial charge in [0, 0.05) is 29.1 Å². The van der Waals surface area contributed by atoms with Crippen LogP contribution in [0.3, 0.4) is 0 Å². The normalized spacial score (nSPS) is 13.9. The molecule has 0 spiro atoms. The third kappa shape index (κ3) is 1.43. The third-order valence-electron chi connectivity index (χ3n) is 3.70. The SMILES string of the molecule is [2H]c1ccc2ccc3c(c2n1)Cc1ccccc1C3=O. The Kier molecular flexibility index (Phi) is 1.87. The molecule has 0 aliphatic heterocycles. The molecule has 0 unspecified atom stereocenters. The van der Waals surface area contributed by atoms with Crippen molar-refractivity contribution in [3.8, 4) is 0 Å². The van der Waals surface area contributed by atoms with Crippen LogP contribution in [-0.4, -0.2) is 10.8 Å². The number of nitrogens with zero attached hydrogens (tertiary/aromatic N) is 1. The maximum atomic E-state index is 12.6. The fourth-order valence-electron chi connectivity index (χ4n) is 2.77. The van der Waals surface area contributed by atoms with Crippen molar-refractivity contribution in [2.24, 2.45) is 0 Å². The molecule has 4 rings (SSSR count). The molecule has 0 saturated heterocycles. The second kappa shape index (κ2) is 3.75. The Morgan fingerprint density at radius 1 is 1.00 bits per heavy atom. The molecule has 0 radical (unpaired) electrons. The first-order chi connectivity index (χ1) is 9.74. The Morgan fingerprint density at radius 3 is 2.84 bits per heavy atom. The molecule has 1 aromatic heterocycles. The first-order valence-corrected chi connectivity index (χ1v) is 6.26. The molecular formula is C17H11NO. The summed E-state index contributed by atoms with van der Waals surface area (Å²) in [7, 11) is 0. The van der Waals surface area contributed by atoms with Gasteiger partial charge >= 0.3 is 0 Å². The van der Waals surface area contributed by atoms with Crippen molar-refractivity contribution in [2.45, 2.75) is 6.42 Å². The van der Waals surface area contributed by atoms with E-state index in [2.05, 4.69) is 4.98 Å². The van der Waals surface area contributed by atoms with Crippen LogP contribution in [0.4, 0.5) is 0 Å². The smallest absolute Gasteiger partial charge is 0.193 e. The Labute approximate surface area is 112 Å². The Bertz CT molecular complexity index is 870. The molecule has 19 heavy (non-hydrogen) atoms. The van der Waals surface area contributed by atoms with Gasteiger partial charge in [-0.3, -0.25) is 9.78 Å². The minimum absolute atomic E-state index is 0.0564. The van der Waals surface area contributed by atoms with Crippen molar-refractivity contribution in [3.05, 3.63) is 77.0 Å². The number of carbonyl (C=O) groups excluding carboxylic acids is 1. The average Bonchev–Trinajstić information content (AvgIpc) is 2.47. The van der Waals surface area contributed by atoms with E-state index in [9.17, 15) is 4.79 Å². The van der Waals surface area contributed by atoms with Crippen LogP contribution in [0.25, 0.3) is 10.9 Å². The molecule has 90 valence electrons. The maximum Gasteiger partial charge on any atom is 0.193 e. The number of carbonyl (C=O) groups is 1. The minimum atomic E-state index is 0.0564. The van der Waals surface area contributed by atoms with Gasteiger partial charge in [-0.2, -0.15) is 0 Å². The van der Waals surface area contributed by atoms with Gasteiger partial charge in [-0.1, -0.05) is 36.4 Å². The zero-order chi connectivity index (χ0) is 13.7. The second-order valence-corrected chi connectivity index (χ2v) is 4.77. The first-order valence-electron chi connectivity index (χ1n) is 6.76. The van der Waals surface area contributed by atoms with Gasteiger partial charge in [-0.25, -0.2) is 0 Å². The predicted octanol–water partition coefficient (Wildman–Crippen LogP) is 3.37. The molecule has 0 amide bonds. The van der Waals surface area contributed by atoms with Crippen LogP contribution in [0.5, 0.6) is 0 Å². The van der Waals surface area contributed by atoms with Gasteiger partial charge in [-0.05, 0) is 23.3 Å². The van der Waals surface area contributed by atoms with Gasteiger partial charge < -0.3 is 0 Å². The standard InChI is InChI=1S/C17H11NO/c19-17-13-6-2-1-4-12(13)10-15-14(17)8-7-11-5-3-9-18-16(11)15/h1-9H,10H2/i9D. The van der Waals surface area contributed by atoms with Crippen LogP contribution >= 0.6 is 0 Å². The van der Waals surface area contributed by atoms with Crippen LogP contribution < -0.4 is 0 Å². The molecule has 2 nitrogen and oxygen atoms in total. The lowest BCUT2D eigenvalue weighted by atomic mass is 9.84. The molecule has 3 aromatic rings. The largest absolute Gasteiger partial charge is 0.289 e. The predicted molar refractivity (Wildman–Crippen MR) is 74.4 cm³/mol. The lowest BCUT2D eigenvalue weighted by Gasteiger charge is -2.19. The minimum Gasteiger partial charge on any atom is -0.289 e. The van der Waals surface area contributed by atoms with Crippen molar-refractivity contribution >= 4 is 16.7 Å². The number of rotatable bonds is 0. The highest BCUT2D eigenvalue weighted by molar-refractivity contribution is 6.14. The van der Waals surface area contributed by atoms with Gasteiger partial charge in [0.05, 0.1) is 6.89 Å². The molecule has 0 fully saturated rings. The number of hydrogen-bond donors (Lipinski definition) is 0. The van der Waals surface area contributed by atoms with Crippen molar-refractivity contribution in [2.75, 3.05) is 0 Å². The van der Waals surface area contributed by atoms with Crippen molar-refractivity contribution < 1.29 is 6.17 Å². The quantitative estimate of drug-likeness (QED) is 0.476. The molecular weight excluding hydrogens is 234 g/mol. The van der Waals surface area contributed by atoms with E-state index in [1.54, 1.807) is 6.07 Å². The van der Waals surface area contributed by atoms with Crippen LogP contribution in [-0.2, 0) is 6.42 Å². The van der Waals surface area contributed by atoms with E-state index in [-0.39, 0.29) is 12.0 Å². The molecule has 2 heteroatoms. The van der Waals surface area contributed by atoms with E-state index in [4.69, 9.17) is 1.37 Å². The van der Waals surface area contributed by atoms with E-state index in [1.807, 2.05) is 42.5 Å². The number of pyridine rings is 1. The summed E-state index contributed by atoms with van der Waals surface area (Å²) in [6, 6.07) is 15.0. The summed E-state index contributed by atoms with van der Waals surface area (Å²) in [4.78, 5) is 16.9. The molecule has 0 saturated carbocycles. The lowest BCUT2D eigenvalue weighted by molar-refractivity contribution is 0.103. The van der Waals surface area contributed by atoms with Gasteiger partial charge in [0.2, 0.25) is 0 Å². The van der Waals surface area contributed by atoms with E-state index >= 15 is 0 Å². The zero-order valence-electron chi connectivity index (χ0n) is 11.2. The van der Waals surface area contributed by atoms with Crippen LogP contribution in [0, 0.1) is 0 Å². The second-order valence-electron chi connectivity index (χ2n) is 4.77. The van der Waals surface area contributed by atoms with E-state index in [1.165, 1.54) is 0 Å².